The highest BCUT2D eigenvalue weighted by Crippen LogP contribution is 2.20. The van der Waals surface area contributed by atoms with Crippen molar-refractivity contribution in [3.8, 4) is 0 Å². The number of nitrogens with zero attached hydrogens (tertiary/aromatic N) is 2. The zero-order valence-electron chi connectivity index (χ0n) is 30.9. The van der Waals surface area contributed by atoms with Gasteiger partial charge < -0.3 is 53.4 Å². The van der Waals surface area contributed by atoms with Gasteiger partial charge in [-0.3, -0.25) is 38.6 Å². The highest BCUT2D eigenvalue weighted by molar-refractivity contribution is 5.96. The minimum atomic E-state index is -1.34. The number of hydrogen-bond acceptors (Lipinski definition) is 9. The molecular weight excluding hydrogens is 664 g/mol. The van der Waals surface area contributed by atoms with Gasteiger partial charge in [0.05, 0.1) is 6.10 Å². The average Bonchev–Trinajstić information content (AvgIpc) is 3.55. The van der Waals surface area contributed by atoms with Crippen LogP contribution in [0.3, 0.4) is 0 Å². The van der Waals surface area contributed by atoms with Gasteiger partial charge in [-0.2, -0.15) is 0 Å². The van der Waals surface area contributed by atoms with Gasteiger partial charge in [0, 0.05) is 40.0 Å². The summed E-state index contributed by atoms with van der Waals surface area (Å²) in [7, 11) is 0. The van der Waals surface area contributed by atoms with Gasteiger partial charge >= 0.3 is 0 Å². The molecule has 1 heterocycles. The van der Waals surface area contributed by atoms with Gasteiger partial charge in [-0.25, -0.2) is 0 Å². The standard InChI is InChI=1S/C33H60N10O8/c1-7-19(3)26(42-28(47)23(13-9-10-16-37-21(5)45)40-31(50)27(20(4)44)39-22(6)46)30(49)41-24(14-11-17-38-33(34)35)32(51)43-18-12-15-25(43)29(48)36-8-2/h19-20,23-27,44H,7-18H2,1-6H3,(H,36,48)(H,37,45)(H,39,46)(H,40,50)(H,41,49)(H,42,47)(H4,34,35,38)/t19-,20+,23-,24-,25-,26-,27-/m0/s1. The van der Waals surface area contributed by atoms with Crippen LogP contribution >= 0.6 is 0 Å². The molecule has 1 aliphatic heterocycles. The van der Waals surface area contributed by atoms with E-state index in [0.29, 0.717) is 58.2 Å². The maximum Gasteiger partial charge on any atom is 0.245 e. The number of nitrogens with one attached hydrogen (secondary N) is 6. The van der Waals surface area contributed by atoms with Gasteiger partial charge in [-0.05, 0) is 64.7 Å². The predicted octanol–water partition coefficient (Wildman–Crippen LogP) is -2.14. The van der Waals surface area contributed by atoms with Gasteiger partial charge in [-0.15, -0.1) is 0 Å². The highest BCUT2D eigenvalue weighted by Gasteiger charge is 2.39. The van der Waals surface area contributed by atoms with Crippen LogP contribution in [0.2, 0.25) is 0 Å². The molecule has 1 fully saturated rings. The Morgan fingerprint density at radius 3 is 2.00 bits per heavy atom. The fourth-order valence-corrected chi connectivity index (χ4v) is 5.67. The topological polar surface area (TPSA) is 280 Å². The third kappa shape index (κ3) is 16.0. The molecule has 1 rings (SSSR count). The summed E-state index contributed by atoms with van der Waals surface area (Å²) in [6.45, 7) is 10.5. The lowest BCUT2D eigenvalue weighted by Crippen LogP contribution is -2.61. The first-order chi connectivity index (χ1) is 24.0. The Morgan fingerprint density at radius 1 is 0.804 bits per heavy atom. The number of unbranched alkanes of at least 4 members (excludes halogenated alkanes) is 1. The van der Waals surface area contributed by atoms with E-state index in [1.165, 1.54) is 25.7 Å². The first-order valence-corrected chi connectivity index (χ1v) is 17.8. The first-order valence-electron chi connectivity index (χ1n) is 17.8. The van der Waals surface area contributed by atoms with Gasteiger partial charge in [0.2, 0.25) is 41.4 Å². The van der Waals surface area contributed by atoms with Crippen molar-refractivity contribution in [1.82, 2.24) is 36.8 Å². The Hall–Kier alpha value is -4.48. The van der Waals surface area contributed by atoms with Crippen molar-refractivity contribution in [2.45, 2.75) is 129 Å². The maximum absolute atomic E-state index is 13.9. The van der Waals surface area contributed by atoms with Crippen molar-refractivity contribution in [3.05, 3.63) is 0 Å². The Balaban J connectivity index is 3.32. The normalized spacial score (nSPS) is 17.4. The molecule has 0 unspecified atom stereocenters. The summed E-state index contributed by atoms with van der Waals surface area (Å²) in [5.41, 5.74) is 10.9. The summed E-state index contributed by atoms with van der Waals surface area (Å²) >= 11 is 0. The molecule has 0 bridgehead atoms. The summed E-state index contributed by atoms with van der Waals surface area (Å²) in [5, 5.41) is 26.1. The van der Waals surface area contributed by atoms with E-state index in [9.17, 15) is 38.7 Å². The molecule has 0 saturated carbocycles. The van der Waals surface area contributed by atoms with Crippen LogP contribution in [0.1, 0.15) is 92.9 Å². The van der Waals surface area contributed by atoms with Crippen LogP contribution in [0.15, 0.2) is 4.99 Å². The summed E-state index contributed by atoms with van der Waals surface area (Å²) in [6.07, 6.45) is 1.76. The van der Waals surface area contributed by atoms with Crippen molar-refractivity contribution in [1.29, 1.82) is 0 Å². The smallest absolute Gasteiger partial charge is 0.245 e. The molecule has 0 spiro atoms. The molecule has 7 amide bonds. The third-order valence-electron chi connectivity index (χ3n) is 8.59. The number of aliphatic hydroxyl groups excluding tert-OH is 1. The van der Waals surface area contributed by atoms with Gasteiger partial charge in [0.1, 0.15) is 30.2 Å². The van der Waals surface area contributed by atoms with E-state index >= 15 is 0 Å². The van der Waals surface area contributed by atoms with Crippen molar-refractivity contribution >= 4 is 47.3 Å². The van der Waals surface area contributed by atoms with Crippen LogP contribution in [0.25, 0.3) is 0 Å². The molecule has 0 aromatic carbocycles. The Bertz CT molecular complexity index is 1230. The third-order valence-corrected chi connectivity index (χ3v) is 8.59. The van der Waals surface area contributed by atoms with Crippen LogP contribution in [-0.2, 0) is 33.6 Å². The fraction of sp³-hybridized carbons (Fsp3) is 0.758. The molecule has 0 radical (unpaired) electrons. The number of guanidine groups is 1. The van der Waals surface area contributed by atoms with E-state index in [1.807, 2.05) is 6.92 Å². The zero-order valence-corrected chi connectivity index (χ0v) is 30.9. The van der Waals surface area contributed by atoms with Crippen molar-refractivity contribution in [3.63, 3.8) is 0 Å². The SMILES string of the molecule is CCNC(=O)[C@@H]1CCCN1C(=O)[C@H](CCCN=C(N)N)NC(=O)[C@@H](NC(=O)[C@H](CCCCNC(C)=O)NC(=O)[C@@H](NC(C)=O)[C@@H](C)O)[C@@H](C)CC. The zero-order chi connectivity index (χ0) is 38.7. The predicted molar refractivity (Wildman–Crippen MR) is 190 cm³/mol. The molecule has 0 aromatic heterocycles. The second-order valence-corrected chi connectivity index (χ2v) is 12.9. The fourth-order valence-electron chi connectivity index (χ4n) is 5.67. The molecule has 51 heavy (non-hydrogen) atoms. The molecule has 1 saturated heterocycles. The van der Waals surface area contributed by atoms with Crippen LogP contribution in [0.4, 0.5) is 0 Å². The number of carbonyl (C=O) groups excluding carboxylic acids is 7. The average molecular weight is 725 g/mol. The number of amides is 7. The van der Waals surface area contributed by atoms with Crippen LogP contribution < -0.4 is 43.4 Å². The number of likely N-dealkylation sites (tertiary alicyclic amines) is 1. The van der Waals surface area contributed by atoms with Crippen molar-refractivity contribution in [2.75, 3.05) is 26.2 Å². The molecule has 18 heteroatoms. The van der Waals surface area contributed by atoms with E-state index in [-0.39, 0.29) is 37.2 Å². The number of aliphatic imine (C=N–C) groups is 1. The molecule has 18 nitrogen and oxygen atoms in total. The molecule has 0 aliphatic carbocycles. The van der Waals surface area contributed by atoms with E-state index in [0.717, 1.165) is 0 Å². The second-order valence-electron chi connectivity index (χ2n) is 12.9. The number of likely N-dealkylation sites (N-methyl/N-ethyl adjacent to an activating group) is 1. The van der Waals surface area contributed by atoms with Crippen LogP contribution in [0, 0.1) is 5.92 Å². The van der Waals surface area contributed by atoms with E-state index in [4.69, 9.17) is 11.5 Å². The quantitative estimate of drug-likeness (QED) is 0.0332. The number of hydrogen-bond donors (Lipinski definition) is 9. The van der Waals surface area contributed by atoms with Crippen molar-refractivity contribution in [2.24, 2.45) is 22.4 Å². The summed E-state index contributed by atoms with van der Waals surface area (Å²) in [6, 6.07) is -5.39. The lowest BCUT2D eigenvalue weighted by molar-refractivity contribution is -0.142. The van der Waals surface area contributed by atoms with E-state index in [1.54, 1.807) is 13.8 Å². The Morgan fingerprint density at radius 2 is 1.43 bits per heavy atom. The number of rotatable bonds is 22. The van der Waals surface area contributed by atoms with Gasteiger partial charge in [0.15, 0.2) is 5.96 Å². The number of carbonyl (C=O) groups is 7. The second kappa shape index (κ2) is 23.1. The Labute approximate surface area is 300 Å². The monoisotopic (exact) mass is 724 g/mol. The van der Waals surface area contributed by atoms with Crippen molar-refractivity contribution < 1.29 is 38.7 Å². The first kappa shape index (κ1) is 44.5. The van der Waals surface area contributed by atoms with E-state index < -0.39 is 71.8 Å². The minimum absolute atomic E-state index is 0.112. The largest absolute Gasteiger partial charge is 0.391 e. The molecule has 1 aliphatic rings. The Kier molecular flexibility index (Phi) is 20.2. The maximum atomic E-state index is 13.9. The molecule has 0 aromatic rings. The van der Waals surface area contributed by atoms with Crippen LogP contribution in [-0.4, -0.2) is 120 Å². The van der Waals surface area contributed by atoms with E-state index in [2.05, 4.69) is 36.9 Å². The lowest BCUT2D eigenvalue weighted by Gasteiger charge is -2.31. The number of aliphatic hydroxyl groups is 1. The summed E-state index contributed by atoms with van der Waals surface area (Å²) < 4.78 is 0. The lowest BCUT2D eigenvalue weighted by atomic mass is 9.96. The molecule has 11 N–H and O–H groups in total. The molecule has 7 atom stereocenters. The minimum Gasteiger partial charge on any atom is -0.391 e. The summed E-state index contributed by atoms with van der Waals surface area (Å²) in [4.78, 5) is 95.9. The van der Waals surface area contributed by atoms with Gasteiger partial charge in [-0.1, -0.05) is 20.3 Å². The highest BCUT2D eigenvalue weighted by atomic mass is 16.3. The number of nitrogens with two attached hydrogens (primary N) is 2. The molecular formula is C33H60N10O8. The summed E-state index contributed by atoms with van der Waals surface area (Å²) in [5.74, 6) is -4.16. The molecule has 290 valence electrons. The van der Waals surface area contributed by atoms with Gasteiger partial charge in [0.25, 0.3) is 0 Å². The van der Waals surface area contributed by atoms with Crippen LogP contribution in [0.5, 0.6) is 0 Å².